The van der Waals surface area contributed by atoms with Gasteiger partial charge in [0.05, 0.1) is 27.3 Å². The van der Waals surface area contributed by atoms with Gasteiger partial charge in [0, 0.05) is 38.2 Å². The number of aromatic nitrogens is 2. The van der Waals surface area contributed by atoms with Crippen LogP contribution < -0.4 is 0 Å². The van der Waals surface area contributed by atoms with Gasteiger partial charge >= 0.3 is 0 Å². The van der Waals surface area contributed by atoms with Gasteiger partial charge in [-0.25, -0.2) is 4.98 Å². The number of fused-ring (bicyclic) bond motifs is 7. The summed E-state index contributed by atoms with van der Waals surface area (Å²) >= 11 is 6.73. The second-order valence-corrected chi connectivity index (χ2v) is 8.94. The zero-order valence-electron chi connectivity index (χ0n) is 18.2. The molecule has 5 aromatic carbocycles. The van der Waals surface area contributed by atoms with Gasteiger partial charge in [0.1, 0.15) is 0 Å². The number of nitrogens with zero attached hydrogens (tertiary/aromatic N) is 2. The Morgan fingerprint density at radius 1 is 0.559 bits per heavy atom. The van der Waals surface area contributed by atoms with Crippen molar-refractivity contribution in [1.82, 2.24) is 9.55 Å². The maximum atomic E-state index is 6.73. The molecule has 0 unspecified atom stereocenters. The van der Waals surface area contributed by atoms with Crippen molar-refractivity contribution < 1.29 is 0 Å². The van der Waals surface area contributed by atoms with Crippen molar-refractivity contribution in [2.75, 3.05) is 0 Å². The molecule has 34 heavy (non-hydrogen) atoms. The first-order valence-electron chi connectivity index (χ1n) is 11.4. The maximum Gasteiger partial charge on any atom is 0.0902 e. The number of hydrogen-bond donors (Lipinski definition) is 0. The fourth-order valence-corrected chi connectivity index (χ4v) is 5.41. The summed E-state index contributed by atoms with van der Waals surface area (Å²) in [6.45, 7) is 0. The molecule has 0 saturated carbocycles. The SMILES string of the molecule is Clc1cccc2c1nc(-c1ccccc1)c1ccc3c4ccccc4n(-c4ccccc4)c3c12. The number of benzene rings is 5. The molecule has 0 aliphatic carbocycles. The lowest BCUT2D eigenvalue weighted by atomic mass is 9.97. The molecule has 0 radical (unpaired) electrons. The van der Waals surface area contributed by atoms with Crippen molar-refractivity contribution in [3.63, 3.8) is 0 Å². The number of halogens is 1. The van der Waals surface area contributed by atoms with Gasteiger partial charge in [0.2, 0.25) is 0 Å². The summed E-state index contributed by atoms with van der Waals surface area (Å²) in [6.07, 6.45) is 0. The highest BCUT2D eigenvalue weighted by molar-refractivity contribution is 6.37. The highest BCUT2D eigenvalue weighted by atomic mass is 35.5. The third kappa shape index (κ3) is 2.73. The molecule has 2 nitrogen and oxygen atoms in total. The number of rotatable bonds is 2. The van der Waals surface area contributed by atoms with Crippen molar-refractivity contribution in [2.24, 2.45) is 0 Å². The van der Waals surface area contributed by atoms with Gasteiger partial charge in [-0.15, -0.1) is 0 Å². The Hall–Kier alpha value is -4.14. The molecule has 0 bridgehead atoms. The lowest BCUT2D eigenvalue weighted by molar-refractivity contribution is 1.19. The molecule has 0 N–H and O–H groups in total. The van der Waals surface area contributed by atoms with Crippen molar-refractivity contribution in [1.29, 1.82) is 0 Å². The highest BCUT2D eigenvalue weighted by Crippen LogP contribution is 2.42. The summed E-state index contributed by atoms with van der Waals surface area (Å²) in [5, 5.41) is 6.47. The molecule has 7 rings (SSSR count). The minimum Gasteiger partial charge on any atom is -0.309 e. The van der Waals surface area contributed by atoms with E-state index in [0.29, 0.717) is 5.02 Å². The van der Waals surface area contributed by atoms with Crippen LogP contribution in [0.2, 0.25) is 5.02 Å². The fourth-order valence-electron chi connectivity index (χ4n) is 5.19. The molecular weight excluding hydrogens is 436 g/mol. The monoisotopic (exact) mass is 454 g/mol. The zero-order valence-corrected chi connectivity index (χ0v) is 19.0. The highest BCUT2D eigenvalue weighted by Gasteiger charge is 2.20. The van der Waals surface area contributed by atoms with Gasteiger partial charge < -0.3 is 4.57 Å². The molecule has 0 spiro atoms. The summed E-state index contributed by atoms with van der Waals surface area (Å²) < 4.78 is 2.38. The number of pyridine rings is 1. The predicted octanol–water partition coefficient (Wildman–Crippen LogP) is 8.81. The molecule has 2 heterocycles. The van der Waals surface area contributed by atoms with Crippen LogP contribution in [0.5, 0.6) is 0 Å². The summed E-state index contributed by atoms with van der Waals surface area (Å²) in [5.41, 5.74) is 6.35. The van der Waals surface area contributed by atoms with Crippen LogP contribution in [-0.2, 0) is 0 Å². The van der Waals surface area contributed by atoms with E-state index < -0.39 is 0 Å². The van der Waals surface area contributed by atoms with E-state index in [-0.39, 0.29) is 0 Å². The van der Waals surface area contributed by atoms with E-state index in [1.54, 1.807) is 0 Å². The normalized spacial score (nSPS) is 11.7. The average Bonchev–Trinajstić information content (AvgIpc) is 3.24. The van der Waals surface area contributed by atoms with Gasteiger partial charge in [-0.3, -0.25) is 0 Å². The molecular formula is C31H19ClN2. The van der Waals surface area contributed by atoms with Gasteiger partial charge in [0.25, 0.3) is 0 Å². The lowest BCUT2D eigenvalue weighted by Gasteiger charge is -2.15. The van der Waals surface area contributed by atoms with E-state index in [1.807, 2.05) is 18.2 Å². The first-order chi connectivity index (χ1) is 16.8. The molecule has 160 valence electrons. The standard InChI is InChI=1S/C31H19ClN2/c32-26-16-9-15-24-28-25(29(33-30(24)26)20-10-3-1-4-11-20)19-18-23-22-14-7-8-17-27(22)34(31(23)28)21-12-5-2-6-13-21/h1-19H. The van der Waals surface area contributed by atoms with Crippen LogP contribution in [0.1, 0.15) is 0 Å². The van der Waals surface area contributed by atoms with Gasteiger partial charge in [0.15, 0.2) is 0 Å². The molecule has 0 amide bonds. The van der Waals surface area contributed by atoms with Crippen molar-refractivity contribution in [3.8, 4) is 16.9 Å². The third-order valence-corrected chi connectivity index (χ3v) is 6.94. The van der Waals surface area contributed by atoms with Crippen LogP contribution in [-0.4, -0.2) is 9.55 Å². The topological polar surface area (TPSA) is 17.8 Å². The smallest absolute Gasteiger partial charge is 0.0902 e. The van der Waals surface area contributed by atoms with Crippen LogP contribution in [0.15, 0.2) is 115 Å². The lowest BCUT2D eigenvalue weighted by Crippen LogP contribution is -1.96. The minimum atomic E-state index is 0.663. The summed E-state index contributed by atoms with van der Waals surface area (Å²) in [6, 6.07) is 40.1. The van der Waals surface area contributed by atoms with Crippen LogP contribution in [0.25, 0.3) is 60.4 Å². The predicted molar refractivity (Wildman–Crippen MR) is 144 cm³/mol. The van der Waals surface area contributed by atoms with E-state index in [9.17, 15) is 0 Å². The Bertz CT molecular complexity index is 1850. The van der Waals surface area contributed by atoms with Crippen molar-refractivity contribution >= 4 is 55.1 Å². The summed E-state index contributed by atoms with van der Waals surface area (Å²) in [5.74, 6) is 0. The average molecular weight is 455 g/mol. The first-order valence-corrected chi connectivity index (χ1v) is 11.7. The van der Waals surface area contributed by atoms with Gasteiger partial charge in [-0.2, -0.15) is 0 Å². The Morgan fingerprint density at radius 3 is 2.06 bits per heavy atom. The summed E-state index contributed by atoms with van der Waals surface area (Å²) in [7, 11) is 0. The second-order valence-electron chi connectivity index (χ2n) is 8.53. The van der Waals surface area contributed by atoms with E-state index in [2.05, 4.69) is 102 Å². The van der Waals surface area contributed by atoms with Crippen LogP contribution in [0.3, 0.4) is 0 Å². The zero-order chi connectivity index (χ0) is 22.6. The molecule has 2 aromatic heterocycles. The van der Waals surface area contributed by atoms with E-state index in [4.69, 9.17) is 16.6 Å². The Morgan fingerprint density at radius 2 is 1.24 bits per heavy atom. The fraction of sp³-hybridized carbons (Fsp3) is 0. The van der Waals surface area contributed by atoms with Crippen LogP contribution in [0, 0.1) is 0 Å². The number of para-hydroxylation sites is 3. The Kier molecular flexibility index (Phi) is 4.23. The van der Waals surface area contributed by atoms with Crippen LogP contribution in [0.4, 0.5) is 0 Å². The van der Waals surface area contributed by atoms with Crippen LogP contribution >= 0.6 is 11.6 Å². The molecule has 0 fully saturated rings. The largest absolute Gasteiger partial charge is 0.309 e. The maximum absolute atomic E-state index is 6.73. The van der Waals surface area contributed by atoms with E-state index in [0.717, 1.165) is 33.2 Å². The van der Waals surface area contributed by atoms with Crippen molar-refractivity contribution in [2.45, 2.75) is 0 Å². The molecule has 7 aromatic rings. The first kappa shape index (κ1) is 19.3. The van der Waals surface area contributed by atoms with Gasteiger partial charge in [-0.1, -0.05) is 103 Å². The molecule has 0 aliphatic rings. The number of hydrogen-bond acceptors (Lipinski definition) is 1. The molecule has 0 saturated heterocycles. The van der Waals surface area contributed by atoms with E-state index in [1.165, 1.54) is 27.2 Å². The van der Waals surface area contributed by atoms with Crippen molar-refractivity contribution in [3.05, 3.63) is 120 Å². The quantitative estimate of drug-likeness (QED) is 0.238. The molecule has 0 aliphatic heterocycles. The van der Waals surface area contributed by atoms with Gasteiger partial charge in [-0.05, 0) is 24.3 Å². The molecule has 0 atom stereocenters. The molecule has 3 heteroatoms. The van der Waals surface area contributed by atoms with E-state index >= 15 is 0 Å². The minimum absolute atomic E-state index is 0.663. The Balaban J connectivity index is 1.80. The summed E-state index contributed by atoms with van der Waals surface area (Å²) in [4.78, 5) is 5.10. The Labute approximate surface area is 201 Å². The third-order valence-electron chi connectivity index (χ3n) is 6.63. The second kappa shape index (κ2) is 7.44.